The topological polar surface area (TPSA) is 66.4 Å². The van der Waals surface area contributed by atoms with Gasteiger partial charge in [0.05, 0.1) is 22.2 Å². The van der Waals surface area contributed by atoms with Gasteiger partial charge >= 0.3 is 0 Å². The largest absolute Gasteiger partial charge is 0.392 e. The summed E-state index contributed by atoms with van der Waals surface area (Å²) in [7, 11) is -3.81. The van der Waals surface area contributed by atoms with Crippen LogP contribution in [-0.4, -0.2) is 13.5 Å². The van der Waals surface area contributed by atoms with E-state index in [0.717, 1.165) is 0 Å². The van der Waals surface area contributed by atoms with Crippen LogP contribution in [0.1, 0.15) is 11.1 Å². The van der Waals surface area contributed by atoms with Gasteiger partial charge in [0, 0.05) is 5.02 Å². The maximum Gasteiger partial charge on any atom is 0.261 e. The van der Waals surface area contributed by atoms with Crippen LogP contribution in [0.5, 0.6) is 0 Å². The molecule has 0 aliphatic carbocycles. The van der Waals surface area contributed by atoms with E-state index in [9.17, 15) is 8.42 Å². The minimum atomic E-state index is -3.81. The molecule has 0 radical (unpaired) electrons. The lowest BCUT2D eigenvalue weighted by atomic mass is 10.2. The number of sulfonamides is 1. The zero-order valence-corrected chi connectivity index (χ0v) is 13.4. The second-order valence-corrected chi connectivity index (χ2v) is 6.95. The molecule has 0 atom stereocenters. The van der Waals surface area contributed by atoms with Crippen LogP contribution in [-0.2, 0) is 16.6 Å². The molecule has 4 nitrogen and oxygen atoms in total. The van der Waals surface area contributed by atoms with E-state index in [1.54, 1.807) is 25.1 Å². The minimum absolute atomic E-state index is 0.00951. The number of hydrogen-bond donors (Lipinski definition) is 2. The van der Waals surface area contributed by atoms with Crippen molar-refractivity contribution in [3.63, 3.8) is 0 Å². The van der Waals surface area contributed by atoms with E-state index in [4.69, 9.17) is 28.3 Å². The number of nitrogens with one attached hydrogen (secondary N) is 1. The molecular formula is C14H13Cl2NO3S. The third-order valence-corrected chi connectivity index (χ3v) is 4.99. The highest BCUT2D eigenvalue weighted by molar-refractivity contribution is 7.92. The van der Waals surface area contributed by atoms with Crippen molar-refractivity contribution in [1.82, 2.24) is 0 Å². The zero-order valence-electron chi connectivity index (χ0n) is 11.1. The number of para-hydroxylation sites is 1. The first-order valence-electron chi connectivity index (χ1n) is 6.02. The van der Waals surface area contributed by atoms with Crippen molar-refractivity contribution in [3.05, 3.63) is 57.6 Å². The quantitative estimate of drug-likeness (QED) is 0.889. The van der Waals surface area contributed by atoms with Crippen molar-refractivity contribution in [2.45, 2.75) is 18.4 Å². The summed E-state index contributed by atoms with van der Waals surface area (Å²) in [4.78, 5) is 0.00951. The van der Waals surface area contributed by atoms with E-state index in [-0.39, 0.29) is 11.5 Å². The average molecular weight is 346 g/mol. The highest BCUT2D eigenvalue weighted by Gasteiger charge is 2.18. The summed E-state index contributed by atoms with van der Waals surface area (Å²) in [5.41, 5.74) is 1.39. The molecule has 0 unspecified atom stereocenters. The lowest BCUT2D eigenvalue weighted by molar-refractivity contribution is 0.281. The molecule has 2 N–H and O–H groups in total. The first kappa shape index (κ1) is 16.1. The number of benzene rings is 2. The van der Waals surface area contributed by atoms with E-state index in [2.05, 4.69) is 4.72 Å². The van der Waals surface area contributed by atoms with E-state index in [1.165, 1.54) is 18.2 Å². The fourth-order valence-corrected chi connectivity index (χ4v) is 3.50. The van der Waals surface area contributed by atoms with Crippen molar-refractivity contribution in [2.24, 2.45) is 0 Å². The van der Waals surface area contributed by atoms with E-state index in [1.807, 2.05) is 0 Å². The van der Waals surface area contributed by atoms with Crippen LogP contribution in [0.15, 0.2) is 41.3 Å². The number of hydrogen-bond acceptors (Lipinski definition) is 3. The predicted molar refractivity (Wildman–Crippen MR) is 84.4 cm³/mol. The van der Waals surface area contributed by atoms with Gasteiger partial charge < -0.3 is 5.11 Å². The normalized spacial score (nSPS) is 11.4. The Morgan fingerprint density at radius 2 is 1.86 bits per heavy atom. The fourth-order valence-electron chi connectivity index (χ4n) is 1.79. The van der Waals surface area contributed by atoms with Gasteiger partial charge in [-0.1, -0.05) is 35.3 Å². The maximum absolute atomic E-state index is 12.4. The lowest BCUT2D eigenvalue weighted by Gasteiger charge is -2.13. The maximum atomic E-state index is 12.4. The van der Waals surface area contributed by atoms with Crippen LogP contribution in [0.4, 0.5) is 5.69 Å². The Hall–Kier alpha value is -1.27. The van der Waals surface area contributed by atoms with Gasteiger partial charge in [0.15, 0.2) is 0 Å². The Labute approximate surface area is 133 Å². The standard InChI is InChI=1S/C14H13Cl2NO3S/c1-9-3-2-4-13(16)14(9)17-21(19,20)11-5-6-12(15)10(7-11)8-18/h2-7,17-18H,8H2,1H3. The molecule has 2 rings (SSSR count). The molecule has 0 bridgehead atoms. The van der Waals surface area contributed by atoms with Gasteiger partial charge in [-0.25, -0.2) is 8.42 Å². The fraction of sp³-hybridized carbons (Fsp3) is 0.143. The summed E-state index contributed by atoms with van der Waals surface area (Å²) in [5.74, 6) is 0. The third-order valence-electron chi connectivity index (χ3n) is 2.96. The molecule has 0 saturated carbocycles. The Kier molecular flexibility index (Phi) is 4.78. The Balaban J connectivity index is 2.44. The Morgan fingerprint density at radius 1 is 1.14 bits per heavy atom. The predicted octanol–water partition coefficient (Wildman–Crippen LogP) is 3.59. The number of aliphatic hydroxyl groups is 1. The summed E-state index contributed by atoms with van der Waals surface area (Å²) in [5, 5.41) is 9.79. The number of aryl methyl sites for hydroxylation is 1. The number of anilines is 1. The SMILES string of the molecule is Cc1cccc(Cl)c1NS(=O)(=O)c1ccc(Cl)c(CO)c1. The van der Waals surface area contributed by atoms with Crippen LogP contribution in [0.2, 0.25) is 10.0 Å². The second-order valence-electron chi connectivity index (χ2n) is 4.45. The van der Waals surface area contributed by atoms with Crippen molar-refractivity contribution in [2.75, 3.05) is 4.72 Å². The highest BCUT2D eigenvalue weighted by atomic mass is 35.5. The average Bonchev–Trinajstić information content (AvgIpc) is 2.43. The minimum Gasteiger partial charge on any atom is -0.392 e. The van der Waals surface area contributed by atoms with Crippen molar-refractivity contribution < 1.29 is 13.5 Å². The molecule has 0 amide bonds. The third kappa shape index (κ3) is 3.49. The molecule has 2 aromatic rings. The van der Waals surface area contributed by atoms with Gasteiger partial charge in [-0.2, -0.15) is 0 Å². The molecule has 0 aliphatic rings. The summed E-state index contributed by atoms with van der Waals surface area (Å²) in [6, 6.07) is 9.23. The smallest absolute Gasteiger partial charge is 0.261 e. The van der Waals surface area contributed by atoms with Crippen LogP contribution in [0.3, 0.4) is 0 Å². The molecule has 112 valence electrons. The van der Waals surface area contributed by atoms with Crippen LogP contribution >= 0.6 is 23.2 Å². The molecule has 0 heterocycles. The van der Waals surface area contributed by atoms with Gasteiger partial charge in [0.25, 0.3) is 10.0 Å². The lowest BCUT2D eigenvalue weighted by Crippen LogP contribution is -2.14. The van der Waals surface area contributed by atoms with Crippen LogP contribution in [0.25, 0.3) is 0 Å². The second kappa shape index (κ2) is 6.23. The van der Waals surface area contributed by atoms with Crippen LogP contribution in [0, 0.1) is 6.92 Å². The molecule has 0 aliphatic heterocycles. The van der Waals surface area contributed by atoms with Gasteiger partial charge in [-0.15, -0.1) is 0 Å². The van der Waals surface area contributed by atoms with Crippen LogP contribution < -0.4 is 4.72 Å². The summed E-state index contributed by atoms with van der Waals surface area (Å²) < 4.78 is 27.2. The van der Waals surface area contributed by atoms with E-state index in [0.29, 0.717) is 26.9 Å². The van der Waals surface area contributed by atoms with Crippen molar-refractivity contribution in [1.29, 1.82) is 0 Å². The molecule has 2 aromatic carbocycles. The Bertz CT molecular complexity index is 756. The van der Waals surface area contributed by atoms with Gasteiger partial charge in [-0.05, 0) is 42.3 Å². The summed E-state index contributed by atoms with van der Waals surface area (Å²) in [6.07, 6.45) is 0. The summed E-state index contributed by atoms with van der Waals surface area (Å²) >= 11 is 11.9. The van der Waals surface area contributed by atoms with E-state index < -0.39 is 10.0 Å². The van der Waals surface area contributed by atoms with Gasteiger partial charge in [-0.3, -0.25) is 4.72 Å². The highest BCUT2D eigenvalue weighted by Crippen LogP contribution is 2.29. The molecule has 0 saturated heterocycles. The molecule has 21 heavy (non-hydrogen) atoms. The van der Waals surface area contributed by atoms with E-state index >= 15 is 0 Å². The monoisotopic (exact) mass is 345 g/mol. The van der Waals surface area contributed by atoms with Crippen molar-refractivity contribution in [3.8, 4) is 0 Å². The molecule has 0 spiro atoms. The zero-order chi connectivity index (χ0) is 15.6. The molecule has 0 fully saturated rings. The first-order chi connectivity index (χ1) is 9.85. The molecule has 7 heteroatoms. The molecule has 0 aromatic heterocycles. The number of rotatable bonds is 4. The van der Waals surface area contributed by atoms with Gasteiger partial charge in [0.2, 0.25) is 0 Å². The number of aliphatic hydroxyl groups excluding tert-OH is 1. The first-order valence-corrected chi connectivity index (χ1v) is 8.26. The number of halogens is 2. The Morgan fingerprint density at radius 3 is 2.48 bits per heavy atom. The molecular weight excluding hydrogens is 333 g/mol. The van der Waals surface area contributed by atoms with Gasteiger partial charge in [0.1, 0.15) is 0 Å². The summed E-state index contributed by atoms with van der Waals surface area (Å²) in [6.45, 7) is 1.41. The van der Waals surface area contributed by atoms with Crippen molar-refractivity contribution >= 4 is 38.9 Å².